The van der Waals surface area contributed by atoms with E-state index in [9.17, 15) is 4.79 Å². The minimum atomic E-state index is -0.0716. The van der Waals surface area contributed by atoms with E-state index in [1.165, 1.54) is 0 Å². The number of carbonyl (C=O) groups excluding carboxylic acids is 1. The van der Waals surface area contributed by atoms with Gasteiger partial charge >= 0.3 is 0 Å². The molecule has 0 aromatic heterocycles. The number of nitrogens with one attached hydrogen (secondary N) is 3. The summed E-state index contributed by atoms with van der Waals surface area (Å²) < 4.78 is 5.36. The van der Waals surface area contributed by atoms with Crippen LogP contribution in [0.2, 0.25) is 0 Å². The summed E-state index contributed by atoms with van der Waals surface area (Å²) in [5.74, 6) is -0.0716. The second kappa shape index (κ2) is 9.56. The Morgan fingerprint density at radius 3 is 2.58 bits per heavy atom. The Kier molecular flexibility index (Phi) is 7.42. The van der Waals surface area contributed by atoms with Crippen LogP contribution in [0.25, 0.3) is 0 Å². The molecule has 0 atom stereocenters. The predicted octanol–water partition coefficient (Wildman–Crippen LogP) is -0.732. The largest absolute Gasteiger partial charge is 0.370 e. The van der Waals surface area contributed by atoms with E-state index in [4.69, 9.17) is 17.0 Å². The van der Waals surface area contributed by atoms with Gasteiger partial charge in [-0.25, -0.2) is 0 Å². The Morgan fingerprint density at radius 1 is 1.29 bits per heavy atom. The van der Waals surface area contributed by atoms with Gasteiger partial charge in [0.15, 0.2) is 5.11 Å². The van der Waals surface area contributed by atoms with Crippen molar-refractivity contribution < 1.29 is 14.4 Å². The van der Waals surface area contributed by atoms with Gasteiger partial charge in [-0.2, -0.15) is 0 Å². The summed E-state index contributed by atoms with van der Waals surface area (Å²) >= 11 is 5.45. The van der Waals surface area contributed by atoms with Crippen LogP contribution >= 0.6 is 12.2 Å². The predicted molar refractivity (Wildman–Crippen MR) is 98.3 cm³/mol. The number of hydrogen-bond acceptors (Lipinski definition) is 3. The number of thiocarbonyl (C=S) groups is 1. The molecule has 1 heterocycles. The third kappa shape index (κ3) is 5.74. The second-order valence-electron chi connectivity index (χ2n) is 5.98. The van der Waals surface area contributed by atoms with Gasteiger partial charge in [-0.05, 0) is 29.9 Å². The SMILES string of the molecule is CNC(=O)c1ccc(CN(C)C(=S)NCC[NH+]2CCOCC2)cc1. The molecule has 3 N–H and O–H groups in total. The summed E-state index contributed by atoms with van der Waals surface area (Å²) in [6.45, 7) is 6.48. The van der Waals surface area contributed by atoms with Crippen molar-refractivity contribution >= 4 is 23.2 Å². The van der Waals surface area contributed by atoms with E-state index in [1.807, 2.05) is 36.2 Å². The first kappa shape index (κ1) is 18.6. The van der Waals surface area contributed by atoms with Gasteiger partial charge in [0.1, 0.15) is 13.1 Å². The molecule has 0 radical (unpaired) electrons. The highest BCUT2D eigenvalue weighted by atomic mass is 32.1. The lowest BCUT2D eigenvalue weighted by Crippen LogP contribution is -3.14. The van der Waals surface area contributed by atoms with Crippen LogP contribution < -0.4 is 15.5 Å². The van der Waals surface area contributed by atoms with Gasteiger partial charge < -0.3 is 25.2 Å². The van der Waals surface area contributed by atoms with E-state index in [2.05, 4.69) is 10.6 Å². The van der Waals surface area contributed by atoms with Crippen LogP contribution in [-0.2, 0) is 11.3 Å². The third-order valence-corrected chi connectivity index (χ3v) is 4.62. The van der Waals surface area contributed by atoms with Gasteiger partial charge in [-0.1, -0.05) is 12.1 Å². The molecule has 132 valence electrons. The Hall–Kier alpha value is -1.70. The van der Waals surface area contributed by atoms with Crippen LogP contribution in [0.1, 0.15) is 15.9 Å². The number of nitrogens with zero attached hydrogens (tertiary/aromatic N) is 1. The number of carbonyl (C=O) groups is 1. The minimum absolute atomic E-state index is 0.0716. The molecule has 0 unspecified atom stereocenters. The highest BCUT2D eigenvalue weighted by Crippen LogP contribution is 2.07. The molecule has 0 bridgehead atoms. The zero-order chi connectivity index (χ0) is 17.4. The van der Waals surface area contributed by atoms with Crippen LogP contribution in [0.15, 0.2) is 24.3 Å². The lowest BCUT2D eigenvalue weighted by atomic mass is 10.1. The maximum Gasteiger partial charge on any atom is 0.251 e. The molecular weight excluding hydrogens is 324 g/mol. The first-order valence-electron chi connectivity index (χ1n) is 8.31. The topological polar surface area (TPSA) is 58.0 Å². The van der Waals surface area contributed by atoms with Crippen molar-refractivity contribution in [3.05, 3.63) is 35.4 Å². The van der Waals surface area contributed by atoms with Crippen molar-refractivity contribution in [2.45, 2.75) is 6.54 Å². The molecule has 24 heavy (non-hydrogen) atoms. The van der Waals surface area contributed by atoms with E-state index in [0.29, 0.717) is 12.1 Å². The molecule has 0 spiro atoms. The molecule has 1 aliphatic heterocycles. The van der Waals surface area contributed by atoms with Crippen molar-refractivity contribution in [2.75, 3.05) is 53.5 Å². The van der Waals surface area contributed by atoms with Gasteiger partial charge in [0, 0.05) is 26.2 Å². The number of amides is 1. The summed E-state index contributed by atoms with van der Waals surface area (Å²) in [6.07, 6.45) is 0. The highest BCUT2D eigenvalue weighted by Gasteiger charge is 2.13. The molecular formula is C17H27N4O2S+. The Labute approximate surface area is 149 Å². The van der Waals surface area contributed by atoms with Gasteiger partial charge in [0.05, 0.1) is 26.3 Å². The lowest BCUT2D eigenvalue weighted by Gasteiger charge is -2.25. The van der Waals surface area contributed by atoms with Crippen molar-refractivity contribution in [3.63, 3.8) is 0 Å². The lowest BCUT2D eigenvalue weighted by molar-refractivity contribution is -0.906. The monoisotopic (exact) mass is 351 g/mol. The number of ether oxygens (including phenoxy) is 1. The smallest absolute Gasteiger partial charge is 0.251 e. The van der Waals surface area contributed by atoms with E-state index < -0.39 is 0 Å². The summed E-state index contributed by atoms with van der Waals surface area (Å²) in [5, 5.41) is 6.69. The van der Waals surface area contributed by atoms with Crippen LogP contribution in [0.3, 0.4) is 0 Å². The molecule has 1 saturated heterocycles. The molecule has 1 aromatic rings. The molecule has 0 saturated carbocycles. The Bertz CT molecular complexity index is 544. The average Bonchev–Trinajstić information content (AvgIpc) is 2.62. The van der Waals surface area contributed by atoms with Crippen LogP contribution in [-0.4, -0.2) is 69.4 Å². The van der Waals surface area contributed by atoms with Crippen molar-refractivity contribution in [3.8, 4) is 0 Å². The first-order valence-corrected chi connectivity index (χ1v) is 8.72. The molecule has 1 amide bonds. The molecule has 1 fully saturated rings. The molecule has 2 rings (SSSR count). The van der Waals surface area contributed by atoms with Crippen molar-refractivity contribution in [2.24, 2.45) is 0 Å². The van der Waals surface area contributed by atoms with E-state index in [1.54, 1.807) is 11.9 Å². The Balaban J connectivity index is 1.73. The first-order chi connectivity index (χ1) is 11.6. The summed E-state index contributed by atoms with van der Waals surface area (Å²) in [5.41, 5.74) is 1.78. The summed E-state index contributed by atoms with van der Waals surface area (Å²) in [6, 6.07) is 7.59. The van der Waals surface area contributed by atoms with Crippen LogP contribution in [0, 0.1) is 0 Å². The van der Waals surface area contributed by atoms with Gasteiger partial charge in [0.2, 0.25) is 0 Å². The van der Waals surface area contributed by atoms with Gasteiger partial charge in [0.25, 0.3) is 5.91 Å². The molecule has 1 aromatic carbocycles. The fourth-order valence-corrected chi connectivity index (χ4v) is 2.81. The fraction of sp³-hybridized carbons (Fsp3) is 0.529. The maximum atomic E-state index is 11.5. The Morgan fingerprint density at radius 2 is 1.96 bits per heavy atom. The summed E-state index contributed by atoms with van der Waals surface area (Å²) in [7, 11) is 3.61. The number of benzene rings is 1. The zero-order valence-electron chi connectivity index (χ0n) is 14.4. The van der Waals surface area contributed by atoms with Crippen LogP contribution in [0.5, 0.6) is 0 Å². The number of rotatable bonds is 6. The second-order valence-corrected chi connectivity index (χ2v) is 6.36. The van der Waals surface area contributed by atoms with Crippen LogP contribution in [0.4, 0.5) is 0 Å². The normalized spacial score (nSPS) is 14.9. The standard InChI is InChI=1S/C17H26N4O2S/c1-18-16(22)15-5-3-14(4-6-15)13-20(2)17(24)19-7-8-21-9-11-23-12-10-21/h3-6H,7-13H2,1-2H3,(H,18,22)(H,19,24)/p+1. The zero-order valence-corrected chi connectivity index (χ0v) is 15.2. The van der Waals surface area contributed by atoms with Gasteiger partial charge in [-0.15, -0.1) is 0 Å². The van der Waals surface area contributed by atoms with E-state index in [-0.39, 0.29) is 5.91 Å². The molecule has 0 aliphatic carbocycles. The quantitative estimate of drug-likeness (QED) is 0.590. The van der Waals surface area contributed by atoms with E-state index >= 15 is 0 Å². The minimum Gasteiger partial charge on any atom is -0.370 e. The average molecular weight is 351 g/mol. The van der Waals surface area contributed by atoms with Gasteiger partial charge in [-0.3, -0.25) is 4.79 Å². The van der Waals surface area contributed by atoms with Crippen molar-refractivity contribution in [1.29, 1.82) is 0 Å². The number of morpholine rings is 1. The molecule has 1 aliphatic rings. The summed E-state index contributed by atoms with van der Waals surface area (Å²) in [4.78, 5) is 15.1. The molecule has 7 heteroatoms. The van der Waals surface area contributed by atoms with Crippen molar-refractivity contribution in [1.82, 2.24) is 15.5 Å². The third-order valence-electron chi connectivity index (χ3n) is 4.16. The molecule has 6 nitrogen and oxygen atoms in total. The number of hydrogen-bond donors (Lipinski definition) is 3. The van der Waals surface area contributed by atoms with E-state index in [0.717, 1.165) is 50.1 Å². The maximum absolute atomic E-state index is 11.5. The highest BCUT2D eigenvalue weighted by molar-refractivity contribution is 7.80. The number of quaternary nitrogens is 1. The fourth-order valence-electron chi connectivity index (χ4n) is 2.64.